The minimum absolute atomic E-state index is 0.108. The van der Waals surface area contributed by atoms with Gasteiger partial charge in [0, 0.05) is 51.0 Å². The molecule has 1 aliphatic carbocycles. The topological polar surface area (TPSA) is 121 Å². The number of carbonyl (C=O) groups excluding carboxylic acids is 2. The van der Waals surface area contributed by atoms with Crippen LogP contribution in [-0.2, 0) is 19.1 Å². The van der Waals surface area contributed by atoms with Crippen molar-refractivity contribution in [1.82, 2.24) is 15.1 Å². The molecule has 35 heavy (non-hydrogen) atoms. The second-order valence-corrected chi connectivity index (χ2v) is 8.96. The predicted molar refractivity (Wildman–Crippen MR) is 127 cm³/mol. The van der Waals surface area contributed by atoms with Crippen LogP contribution in [0.1, 0.15) is 17.9 Å². The Balaban J connectivity index is 1.65. The Morgan fingerprint density at radius 3 is 2.77 bits per heavy atom. The predicted octanol–water partition coefficient (Wildman–Crippen LogP) is -0.493. The highest BCUT2D eigenvalue weighted by Gasteiger charge is 2.50. The summed E-state index contributed by atoms with van der Waals surface area (Å²) in [6, 6.07) is 6.68. The van der Waals surface area contributed by atoms with E-state index in [9.17, 15) is 19.8 Å². The number of carbonyl (C=O) groups is 2. The fourth-order valence-corrected chi connectivity index (χ4v) is 5.04. The van der Waals surface area contributed by atoms with Gasteiger partial charge in [-0.1, -0.05) is 18.2 Å². The van der Waals surface area contributed by atoms with Crippen molar-refractivity contribution in [2.45, 2.75) is 30.6 Å². The molecule has 10 nitrogen and oxygen atoms in total. The number of fused-ring (bicyclic) bond motifs is 3. The maximum Gasteiger partial charge on any atom is 0.247 e. The van der Waals surface area contributed by atoms with E-state index in [1.54, 1.807) is 18.1 Å². The van der Waals surface area contributed by atoms with Crippen LogP contribution >= 0.6 is 0 Å². The second kappa shape index (κ2) is 12.0. The molecule has 0 bridgehead atoms. The van der Waals surface area contributed by atoms with E-state index in [1.807, 2.05) is 24.3 Å². The summed E-state index contributed by atoms with van der Waals surface area (Å²) >= 11 is 0. The molecule has 3 N–H and O–H groups in total. The van der Waals surface area contributed by atoms with E-state index < -0.39 is 24.2 Å². The van der Waals surface area contributed by atoms with Crippen molar-refractivity contribution in [2.24, 2.45) is 0 Å². The van der Waals surface area contributed by atoms with Crippen LogP contribution in [0.15, 0.2) is 35.9 Å². The Morgan fingerprint density at radius 2 is 2.03 bits per heavy atom. The number of amides is 2. The molecule has 2 aliphatic heterocycles. The number of aliphatic hydroxyl groups is 2. The molecule has 10 heteroatoms. The number of methoxy groups -OCH3 is 1. The summed E-state index contributed by atoms with van der Waals surface area (Å²) in [5, 5.41) is 23.4. The highest BCUT2D eigenvalue weighted by atomic mass is 16.5. The number of rotatable bonds is 10. The molecular weight excluding hydrogens is 454 g/mol. The number of nitrogens with zero attached hydrogens (tertiary/aromatic N) is 2. The molecule has 0 spiro atoms. The summed E-state index contributed by atoms with van der Waals surface area (Å²) < 4.78 is 16.7. The molecular formula is C25H35N3O7. The normalized spacial score (nSPS) is 25.7. The lowest BCUT2D eigenvalue weighted by Crippen LogP contribution is -2.57. The van der Waals surface area contributed by atoms with Crippen molar-refractivity contribution in [3.63, 3.8) is 0 Å². The Kier molecular flexibility index (Phi) is 8.74. The number of aliphatic hydroxyl groups excluding tert-OH is 2. The average molecular weight is 490 g/mol. The van der Waals surface area contributed by atoms with E-state index in [0.717, 1.165) is 18.7 Å². The number of para-hydroxylation sites is 1. The van der Waals surface area contributed by atoms with Gasteiger partial charge in [0.15, 0.2) is 0 Å². The van der Waals surface area contributed by atoms with Crippen LogP contribution in [0.4, 0.5) is 0 Å². The molecule has 2 heterocycles. The lowest BCUT2D eigenvalue weighted by Gasteiger charge is -2.41. The Labute approximate surface area is 205 Å². The third-order valence-electron chi connectivity index (χ3n) is 6.84. The molecule has 4 rings (SSSR count). The molecule has 1 aromatic rings. The highest BCUT2D eigenvalue weighted by Crippen LogP contribution is 2.47. The first kappa shape index (κ1) is 25.6. The maximum atomic E-state index is 13.3. The fourth-order valence-electron chi connectivity index (χ4n) is 5.04. The molecule has 2 amide bonds. The van der Waals surface area contributed by atoms with E-state index in [1.165, 1.54) is 0 Å². The van der Waals surface area contributed by atoms with Crippen LogP contribution < -0.4 is 10.1 Å². The molecule has 0 aromatic heterocycles. The van der Waals surface area contributed by atoms with Gasteiger partial charge in [-0.25, -0.2) is 0 Å². The molecule has 192 valence electrons. The minimum atomic E-state index is -1.03. The summed E-state index contributed by atoms with van der Waals surface area (Å²) in [6.45, 7) is 4.05. The van der Waals surface area contributed by atoms with Crippen molar-refractivity contribution in [3.05, 3.63) is 41.5 Å². The molecule has 1 fully saturated rings. The summed E-state index contributed by atoms with van der Waals surface area (Å²) in [4.78, 5) is 30.3. The first-order chi connectivity index (χ1) is 17.0. The molecule has 4 atom stereocenters. The van der Waals surface area contributed by atoms with E-state index in [4.69, 9.17) is 14.2 Å². The van der Waals surface area contributed by atoms with Crippen molar-refractivity contribution in [2.75, 3.05) is 66.3 Å². The number of hydrogen-bond donors (Lipinski definition) is 3. The van der Waals surface area contributed by atoms with Crippen LogP contribution in [0.3, 0.4) is 0 Å². The van der Waals surface area contributed by atoms with Crippen molar-refractivity contribution < 1.29 is 34.0 Å². The molecule has 0 radical (unpaired) electrons. The Bertz CT molecular complexity index is 918. The first-order valence-corrected chi connectivity index (χ1v) is 12.2. The molecule has 0 unspecified atom stereocenters. The smallest absolute Gasteiger partial charge is 0.247 e. The van der Waals surface area contributed by atoms with E-state index in [-0.39, 0.29) is 38.0 Å². The SMILES string of the molecule is COCCC(=O)N(CCN1CCOCC1)[C@@H]1C=C(C(=O)NCCO)[C@@H]2c3ccccc3O[C@@H]2[C@H]1O. The maximum absolute atomic E-state index is 13.3. The van der Waals surface area contributed by atoms with E-state index in [0.29, 0.717) is 37.6 Å². The van der Waals surface area contributed by atoms with Crippen LogP contribution in [-0.4, -0.2) is 116 Å². The first-order valence-electron chi connectivity index (χ1n) is 12.2. The largest absolute Gasteiger partial charge is 0.486 e. The van der Waals surface area contributed by atoms with Gasteiger partial charge in [0.1, 0.15) is 18.0 Å². The van der Waals surface area contributed by atoms with Crippen molar-refractivity contribution >= 4 is 11.8 Å². The van der Waals surface area contributed by atoms with Crippen LogP contribution in [0, 0.1) is 0 Å². The van der Waals surface area contributed by atoms with E-state index in [2.05, 4.69) is 10.2 Å². The Morgan fingerprint density at radius 1 is 1.26 bits per heavy atom. The lowest BCUT2D eigenvalue weighted by atomic mass is 9.77. The number of morpholine rings is 1. The van der Waals surface area contributed by atoms with Crippen molar-refractivity contribution in [1.29, 1.82) is 0 Å². The number of benzene rings is 1. The molecule has 1 saturated heterocycles. The lowest BCUT2D eigenvalue weighted by molar-refractivity contribution is -0.138. The van der Waals surface area contributed by atoms with Gasteiger partial charge in [-0.05, 0) is 12.1 Å². The fraction of sp³-hybridized carbons (Fsp3) is 0.600. The summed E-state index contributed by atoms with van der Waals surface area (Å²) in [5.74, 6) is -0.354. The van der Waals surface area contributed by atoms with Gasteiger partial charge < -0.3 is 34.6 Å². The van der Waals surface area contributed by atoms with Crippen LogP contribution in [0.5, 0.6) is 5.75 Å². The minimum Gasteiger partial charge on any atom is -0.486 e. The van der Waals surface area contributed by atoms with Crippen LogP contribution in [0.25, 0.3) is 0 Å². The number of nitrogens with one attached hydrogen (secondary N) is 1. The molecule has 1 aromatic carbocycles. The zero-order valence-electron chi connectivity index (χ0n) is 20.1. The van der Waals surface area contributed by atoms with Gasteiger partial charge in [-0.3, -0.25) is 14.5 Å². The third kappa shape index (κ3) is 5.68. The highest BCUT2D eigenvalue weighted by molar-refractivity contribution is 5.96. The van der Waals surface area contributed by atoms with Gasteiger partial charge in [0.25, 0.3) is 0 Å². The zero-order chi connectivity index (χ0) is 24.8. The molecule has 3 aliphatic rings. The number of hydrogen-bond acceptors (Lipinski definition) is 8. The summed E-state index contributed by atoms with van der Waals surface area (Å²) in [7, 11) is 1.54. The standard InChI is InChI=1S/C25H35N3O7/c1-33-13-6-21(30)28(9-8-27-10-14-34-15-11-27)19-16-18(25(32)26-7-12-29)22-17-4-2-3-5-20(17)35-24(22)23(19)31/h2-5,16,19,22-24,29,31H,6-15H2,1H3,(H,26,32)/t19-,22+,23+,24+/m1/s1. The van der Waals surface area contributed by atoms with Gasteiger partial charge in [-0.2, -0.15) is 0 Å². The quantitative estimate of drug-likeness (QED) is 0.403. The van der Waals surface area contributed by atoms with Gasteiger partial charge in [0.2, 0.25) is 11.8 Å². The average Bonchev–Trinajstić information content (AvgIpc) is 3.28. The van der Waals surface area contributed by atoms with Gasteiger partial charge in [0.05, 0.1) is 44.8 Å². The summed E-state index contributed by atoms with van der Waals surface area (Å²) in [6.07, 6.45) is 0.127. The Hall–Kier alpha value is -2.50. The zero-order valence-corrected chi connectivity index (χ0v) is 20.1. The third-order valence-corrected chi connectivity index (χ3v) is 6.84. The monoisotopic (exact) mass is 489 g/mol. The van der Waals surface area contributed by atoms with E-state index >= 15 is 0 Å². The van der Waals surface area contributed by atoms with Crippen LogP contribution in [0.2, 0.25) is 0 Å². The molecule has 0 saturated carbocycles. The van der Waals surface area contributed by atoms with Gasteiger partial charge in [-0.15, -0.1) is 0 Å². The van der Waals surface area contributed by atoms with Gasteiger partial charge >= 0.3 is 0 Å². The number of ether oxygens (including phenoxy) is 3. The second-order valence-electron chi connectivity index (χ2n) is 8.96. The summed E-state index contributed by atoms with van der Waals surface area (Å²) in [5.41, 5.74) is 1.26. The van der Waals surface area contributed by atoms with Crippen molar-refractivity contribution in [3.8, 4) is 5.75 Å².